The number of rotatable bonds is 4. The highest BCUT2D eigenvalue weighted by molar-refractivity contribution is 6.02. The van der Waals surface area contributed by atoms with E-state index in [2.05, 4.69) is 255 Å². The predicted molar refractivity (Wildman–Crippen MR) is 289 cm³/mol. The van der Waals surface area contributed by atoms with Gasteiger partial charge in [0.1, 0.15) is 11.5 Å². The van der Waals surface area contributed by atoms with Gasteiger partial charge in [0, 0.05) is 45.2 Å². The third-order valence-electron chi connectivity index (χ3n) is 16.1. The first kappa shape index (κ1) is 39.3. The molecule has 0 radical (unpaired) electrons. The molecule has 4 aliphatic rings. The van der Waals surface area contributed by atoms with Gasteiger partial charge in [0.25, 0.3) is 0 Å². The standard InChI is InChI=1S/C68H45NO/c1-67(2)59-27-12-8-21-49(59)53-34-31-45(39-63(53)67)69(46-32-35-54-52-24-11-15-30-62(52)68(64(54)40-46)60-28-13-9-22-50(60)51-23-10-14-29-61(51)68)47-33-36-55-57-37-43-19-6-7-20-44(43)38-58(57)56-26-16-25-48(42-17-4-3-5-18-42)66(56)70-65(55)41-47/h3-41H,1-2H3. The summed E-state index contributed by atoms with van der Waals surface area (Å²) in [4.78, 5) is 2.48. The van der Waals surface area contributed by atoms with Crippen molar-refractivity contribution in [2.45, 2.75) is 24.7 Å². The normalized spacial score (nSPS) is 14.2. The van der Waals surface area contributed by atoms with E-state index in [1.807, 2.05) is 0 Å². The number of nitrogens with zero attached hydrogens (tertiary/aromatic N) is 1. The van der Waals surface area contributed by atoms with Crippen LogP contribution in [0.1, 0.15) is 47.2 Å². The highest BCUT2D eigenvalue weighted by Crippen LogP contribution is 2.64. The van der Waals surface area contributed by atoms with Gasteiger partial charge in [0.05, 0.1) is 5.41 Å². The zero-order valence-corrected chi connectivity index (χ0v) is 38.9. The molecule has 0 amide bonds. The summed E-state index contributed by atoms with van der Waals surface area (Å²) in [5, 5.41) is 2.40. The second kappa shape index (κ2) is 14.4. The molecule has 11 aromatic rings. The van der Waals surface area contributed by atoms with E-state index in [1.165, 1.54) is 77.5 Å². The maximum Gasteiger partial charge on any atom is 0.143 e. The van der Waals surface area contributed by atoms with E-state index >= 15 is 0 Å². The lowest BCUT2D eigenvalue weighted by Gasteiger charge is -2.32. The molecule has 2 heteroatoms. The molecule has 0 N–H and O–H groups in total. The average Bonchev–Trinajstić information content (AvgIpc) is 3.93. The van der Waals surface area contributed by atoms with Crippen LogP contribution in [-0.4, -0.2) is 0 Å². The summed E-state index contributed by atoms with van der Waals surface area (Å²) in [7, 11) is 0. The van der Waals surface area contributed by atoms with Crippen molar-refractivity contribution < 1.29 is 4.74 Å². The van der Waals surface area contributed by atoms with Gasteiger partial charge in [-0.25, -0.2) is 0 Å². The maximum atomic E-state index is 7.45. The van der Waals surface area contributed by atoms with E-state index in [0.717, 1.165) is 61.9 Å². The average molecular weight is 892 g/mol. The Bertz CT molecular complexity index is 3960. The van der Waals surface area contributed by atoms with Crippen molar-refractivity contribution >= 4 is 27.8 Å². The number of anilines is 3. The predicted octanol–water partition coefficient (Wildman–Crippen LogP) is 18.1. The van der Waals surface area contributed by atoms with Crippen LogP contribution in [0.5, 0.6) is 11.5 Å². The molecule has 0 saturated carbocycles. The van der Waals surface area contributed by atoms with Crippen LogP contribution in [0.2, 0.25) is 0 Å². The van der Waals surface area contributed by atoms with Gasteiger partial charge in [0.2, 0.25) is 0 Å². The second-order valence-corrected chi connectivity index (χ2v) is 19.9. The lowest BCUT2D eigenvalue weighted by atomic mass is 9.70. The Morgan fingerprint density at radius 3 is 1.34 bits per heavy atom. The summed E-state index contributed by atoms with van der Waals surface area (Å²) in [6.45, 7) is 4.74. The molecule has 1 aliphatic heterocycles. The zero-order valence-electron chi connectivity index (χ0n) is 38.9. The molecule has 0 aromatic heterocycles. The van der Waals surface area contributed by atoms with Crippen molar-refractivity contribution in [3.05, 3.63) is 270 Å². The molecule has 15 rings (SSSR count). The molecule has 3 aliphatic carbocycles. The van der Waals surface area contributed by atoms with Crippen LogP contribution in [0.15, 0.2) is 237 Å². The molecule has 0 fully saturated rings. The van der Waals surface area contributed by atoms with E-state index in [-0.39, 0.29) is 5.41 Å². The summed E-state index contributed by atoms with van der Waals surface area (Å²) in [6.07, 6.45) is 0. The molecular formula is C68H45NO. The summed E-state index contributed by atoms with van der Waals surface area (Å²) in [6, 6.07) is 88.0. The van der Waals surface area contributed by atoms with Crippen LogP contribution < -0.4 is 9.64 Å². The van der Waals surface area contributed by atoms with E-state index in [9.17, 15) is 0 Å². The lowest BCUT2D eigenvalue weighted by Crippen LogP contribution is -2.26. The quantitative estimate of drug-likeness (QED) is 0.175. The number of para-hydroxylation sites is 1. The number of hydrogen-bond donors (Lipinski definition) is 0. The van der Waals surface area contributed by atoms with Crippen LogP contribution in [0, 0.1) is 0 Å². The third kappa shape index (κ3) is 5.28. The van der Waals surface area contributed by atoms with Crippen LogP contribution in [-0.2, 0) is 10.8 Å². The van der Waals surface area contributed by atoms with E-state index in [4.69, 9.17) is 4.74 Å². The van der Waals surface area contributed by atoms with Gasteiger partial charge in [-0.1, -0.05) is 196 Å². The highest BCUT2D eigenvalue weighted by atomic mass is 16.5. The van der Waals surface area contributed by atoms with Gasteiger partial charge in [-0.15, -0.1) is 0 Å². The molecule has 0 unspecified atom stereocenters. The van der Waals surface area contributed by atoms with Gasteiger partial charge in [0.15, 0.2) is 0 Å². The molecule has 70 heavy (non-hydrogen) atoms. The van der Waals surface area contributed by atoms with Crippen molar-refractivity contribution in [2.75, 3.05) is 4.90 Å². The smallest absolute Gasteiger partial charge is 0.143 e. The van der Waals surface area contributed by atoms with Crippen molar-refractivity contribution in [1.82, 2.24) is 0 Å². The molecule has 11 aromatic carbocycles. The first-order chi connectivity index (χ1) is 34.5. The minimum Gasteiger partial charge on any atom is -0.455 e. The van der Waals surface area contributed by atoms with Gasteiger partial charge >= 0.3 is 0 Å². The molecule has 1 spiro atoms. The first-order valence-corrected chi connectivity index (χ1v) is 24.5. The van der Waals surface area contributed by atoms with Crippen molar-refractivity contribution in [3.63, 3.8) is 0 Å². The number of fused-ring (bicyclic) bond motifs is 19. The maximum absolute atomic E-state index is 7.45. The topological polar surface area (TPSA) is 12.5 Å². The minimum absolute atomic E-state index is 0.185. The van der Waals surface area contributed by atoms with Crippen LogP contribution >= 0.6 is 0 Å². The highest BCUT2D eigenvalue weighted by Gasteiger charge is 2.51. The summed E-state index contributed by atoms with van der Waals surface area (Å²) in [5.74, 6) is 1.68. The molecule has 1 heterocycles. The zero-order chi connectivity index (χ0) is 46.3. The van der Waals surface area contributed by atoms with Gasteiger partial charge in [-0.3, -0.25) is 0 Å². The first-order valence-electron chi connectivity index (χ1n) is 24.5. The van der Waals surface area contributed by atoms with Crippen LogP contribution in [0.25, 0.3) is 77.5 Å². The number of hydrogen-bond acceptors (Lipinski definition) is 2. The van der Waals surface area contributed by atoms with Crippen LogP contribution in [0.4, 0.5) is 17.1 Å². The number of benzene rings is 11. The summed E-state index contributed by atoms with van der Waals surface area (Å²) >= 11 is 0. The Labute approximate surface area is 408 Å². The third-order valence-corrected chi connectivity index (χ3v) is 16.1. The summed E-state index contributed by atoms with van der Waals surface area (Å²) < 4.78 is 7.45. The Hall–Kier alpha value is -8.72. The van der Waals surface area contributed by atoms with Crippen molar-refractivity contribution in [2.24, 2.45) is 0 Å². The van der Waals surface area contributed by atoms with Gasteiger partial charge in [-0.2, -0.15) is 0 Å². The Morgan fingerprint density at radius 1 is 0.300 bits per heavy atom. The molecule has 0 bridgehead atoms. The Balaban J connectivity index is 0.990. The second-order valence-electron chi connectivity index (χ2n) is 19.9. The van der Waals surface area contributed by atoms with Crippen LogP contribution in [0.3, 0.4) is 0 Å². The monoisotopic (exact) mass is 891 g/mol. The van der Waals surface area contributed by atoms with Crippen molar-refractivity contribution in [1.29, 1.82) is 0 Å². The molecule has 2 nitrogen and oxygen atoms in total. The minimum atomic E-state index is -0.483. The van der Waals surface area contributed by atoms with E-state index in [0.29, 0.717) is 0 Å². The Morgan fingerprint density at radius 2 is 0.729 bits per heavy atom. The van der Waals surface area contributed by atoms with E-state index < -0.39 is 5.41 Å². The fourth-order valence-electron chi connectivity index (χ4n) is 13.0. The fourth-order valence-corrected chi connectivity index (χ4v) is 13.0. The van der Waals surface area contributed by atoms with Gasteiger partial charge in [-0.05, 0) is 143 Å². The molecule has 328 valence electrons. The largest absolute Gasteiger partial charge is 0.455 e. The van der Waals surface area contributed by atoms with Crippen molar-refractivity contribution in [3.8, 4) is 78.3 Å². The van der Waals surface area contributed by atoms with E-state index in [1.54, 1.807) is 0 Å². The molecule has 0 saturated heterocycles. The van der Waals surface area contributed by atoms with Gasteiger partial charge < -0.3 is 9.64 Å². The number of ether oxygens (including phenoxy) is 1. The molecule has 0 atom stereocenters. The summed E-state index contributed by atoms with van der Waals surface area (Å²) in [5.41, 5.74) is 25.0. The fraction of sp³-hybridized carbons (Fsp3) is 0.0588. The Kier molecular flexibility index (Phi) is 8.08. The molecular weight excluding hydrogens is 847 g/mol. The SMILES string of the molecule is CC1(C)c2ccccc2-c2ccc(N(c3ccc4c(c3)Oc3c(-c5ccccc5)cccc3-c3cc5ccccc5cc3-4)c3ccc4c(c3)C3(c5ccccc5-c5ccccc53)c3ccccc3-4)cc21. The lowest BCUT2D eigenvalue weighted by molar-refractivity contribution is 0.489.